The van der Waals surface area contributed by atoms with Gasteiger partial charge in [-0.2, -0.15) is 0 Å². The average Bonchev–Trinajstić information content (AvgIpc) is 3.22. The van der Waals surface area contributed by atoms with Crippen LogP contribution in [0.4, 0.5) is 4.79 Å². The van der Waals surface area contributed by atoms with Crippen molar-refractivity contribution in [1.82, 2.24) is 15.5 Å². The molecule has 0 aromatic carbocycles. The second-order valence-electron chi connectivity index (χ2n) is 17.6. The lowest BCUT2D eigenvalue weighted by molar-refractivity contribution is -0.150. The summed E-state index contributed by atoms with van der Waals surface area (Å²) in [6.45, 7) is 10.4. The van der Waals surface area contributed by atoms with E-state index >= 15 is 0 Å². The number of ether oxygens (including phenoxy) is 2. The summed E-state index contributed by atoms with van der Waals surface area (Å²) in [5.41, 5.74) is 0. The molecule has 0 aromatic heterocycles. The van der Waals surface area contributed by atoms with Crippen LogP contribution in [0.2, 0.25) is 0 Å². The molecule has 0 aromatic rings. The third kappa shape index (κ3) is 42.6. The van der Waals surface area contributed by atoms with Crippen molar-refractivity contribution in [1.29, 1.82) is 0 Å². The van der Waals surface area contributed by atoms with Crippen molar-refractivity contribution in [3.63, 3.8) is 0 Å². The molecule has 9 heteroatoms. The number of urea groups is 1. The number of unbranched alkanes of at least 4 members (excludes halogenated alkanes) is 25. The van der Waals surface area contributed by atoms with Gasteiger partial charge in [0.05, 0.1) is 12.7 Å². The van der Waals surface area contributed by atoms with E-state index in [1.165, 1.54) is 109 Å². The van der Waals surface area contributed by atoms with Crippen LogP contribution in [0.5, 0.6) is 0 Å². The minimum atomic E-state index is -0.400. The van der Waals surface area contributed by atoms with Crippen molar-refractivity contribution >= 4 is 18.0 Å². The number of carbonyl (C=O) groups excluding carboxylic acids is 3. The Kier molecular flexibility index (Phi) is 44.2. The lowest BCUT2D eigenvalue weighted by Crippen LogP contribution is -2.35. The van der Waals surface area contributed by atoms with E-state index in [0.717, 1.165) is 116 Å². The maximum Gasteiger partial charge on any atom is 0.314 e. The van der Waals surface area contributed by atoms with Crippen LogP contribution >= 0.6 is 0 Å². The van der Waals surface area contributed by atoms with E-state index in [1.54, 1.807) is 7.05 Å². The third-order valence-corrected chi connectivity index (χ3v) is 11.7. The molecule has 2 amide bonds. The van der Waals surface area contributed by atoms with Crippen LogP contribution < -0.4 is 10.6 Å². The van der Waals surface area contributed by atoms with E-state index in [-0.39, 0.29) is 24.1 Å². The molecule has 0 saturated heterocycles. The molecule has 59 heavy (non-hydrogen) atoms. The lowest BCUT2D eigenvalue weighted by Gasteiger charge is -2.25. The van der Waals surface area contributed by atoms with E-state index in [0.29, 0.717) is 39.0 Å². The van der Waals surface area contributed by atoms with E-state index in [9.17, 15) is 19.5 Å². The van der Waals surface area contributed by atoms with Crippen LogP contribution in [0.15, 0.2) is 0 Å². The molecule has 0 aliphatic heterocycles. The second-order valence-corrected chi connectivity index (χ2v) is 17.6. The Hall–Kier alpha value is -1.87. The molecule has 3 N–H and O–H groups in total. The van der Waals surface area contributed by atoms with Crippen molar-refractivity contribution in [3.05, 3.63) is 0 Å². The highest BCUT2D eigenvalue weighted by Crippen LogP contribution is 2.19. The summed E-state index contributed by atoms with van der Waals surface area (Å²) in [5, 5.41) is 16.2. The SMILES string of the molecule is CCCCCCCCCCCOC(=O)CCCCCN(CCCCCCCC(=O)OC(CCCCCCCC)CCCCCCCC)CC(O)CCCCNC(=O)NC. The highest BCUT2D eigenvalue weighted by Gasteiger charge is 2.15. The van der Waals surface area contributed by atoms with Gasteiger partial charge >= 0.3 is 18.0 Å². The molecule has 0 fully saturated rings. The molecule has 0 spiro atoms. The monoisotopic (exact) mass is 838 g/mol. The third-order valence-electron chi connectivity index (χ3n) is 11.7. The standard InChI is InChI=1S/C50H99N3O6/c1-5-8-11-14-17-18-19-25-35-44-58-48(55)39-30-26-34-43-53(45-46(54)36-31-32-41-52-50(57)51-4)42-33-24-20-23-29-40-49(56)59-47(37-27-21-15-12-9-6-2)38-28-22-16-13-10-7-3/h46-47,54H,5-45H2,1-4H3,(H2,51,52,57). The molecule has 1 atom stereocenters. The average molecular weight is 838 g/mol. The Balaban J connectivity index is 4.52. The lowest BCUT2D eigenvalue weighted by atomic mass is 10.0. The van der Waals surface area contributed by atoms with Gasteiger partial charge in [0.25, 0.3) is 0 Å². The minimum absolute atomic E-state index is 0.0106. The number of rotatable bonds is 46. The maximum atomic E-state index is 12.8. The fraction of sp³-hybridized carbons (Fsp3) is 0.940. The molecule has 9 nitrogen and oxygen atoms in total. The number of hydrogen-bond acceptors (Lipinski definition) is 7. The molecule has 0 radical (unpaired) electrons. The highest BCUT2D eigenvalue weighted by molar-refractivity contribution is 5.73. The predicted octanol–water partition coefficient (Wildman–Crippen LogP) is 13.1. The summed E-state index contributed by atoms with van der Waals surface area (Å²) in [5.74, 6) is -0.0826. The second kappa shape index (κ2) is 45.7. The van der Waals surface area contributed by atoms with Gasteiger partial charge in [-0.25, -0.2) is 4.79 Å². The van der Waals surface area contributed by atoms with Gasteiger partial charge in [0, 0.05) is 33.0 Å². The first-order valence-corrected chi connectivity index (χ1v) is 25.6. The van der Waals surface area contributed by atoms with E-state index in [2.05, 4.69) is 36.3 Å². The molecular formula is C50H99N3O6. The molecule has 0 aliphatic carbocycles. The Morgan fingerprint density at radius 2 is 0.932 bits per heavy atom. The molecule has 1 unspecified atom stereocenters. The van der Waals surface area contributed by atoms with Crippen LogP contribution in [0.25, 0.3) is 0 Å². The van der Waals surface area contributed by atoms with Crippen molar-refractivity contribution in [2.24, 2.45) is 0 Å². The van der Waals surface area contributed by atoms with Gasteiger partial charge in [0.1, 0.15) is 6.10 Å². The largest absolute Gasteiger partial charge is 0.466 e. The number of nitrogens with one attached hydrogen (secondary N) is 2. The quantitative estimate of drug-likeness (QED) is 0.0413. The van der Waals surface area contributed by atoms with Crippen LogP contribution in [-0.2, 0) is 19.1 Å². The van der Waals surface area contributed by atoms with Gasteiger partial charge in [-0.3, -0.25) is 9.59 Å². The molecule has 0 bridgehead atoms. The summed E-state index contributed by atoms with van der Waals surface area (Å²) < 4.78 is 11.6. The first-order valence-electron chi connectivity index (χ1n) is 25.6. The van der Waals surface area contributed by atoms with Crippen molar-refractivity contribution in [2.45, 2.75) is 264 Å². The maximum absolute atomic E-state index is 12.8. The molecule has 350 valence electrons. The fourth-order valence-corrected chi connectivity index (χ4v) is 7.88. The number of amides is 2. The van der Waals surface area contributed by atoms with E-state index < -0.39 is 6.10 Å². The van der Waals surface area contributed by atoms with Gasteiger partial charge in [-0.1, -0.05) is 162 Å². The molecule has 0 saturated carbocycles. The summed E-state index contributed by atoms with van der Waals surface area (Å²) in [7, 11) is 1.61. The number of hydrogen-bond donors (Lipinski definition) is 3. The van der Waals surface area contributed by atoms with Gasteiger partial charge in [-0.05, 0) is 90.1 Å². The van der Waals surface area contributed by atoms with Crippen LogP contribution in [0.1, 0.15) is 252 Å². The van der Waals surface area contributed by atoms with Crippen LogP contribution in [-0.4, -0.2) is 80.0 Å². The molecule has 0 heterocycles. The fourth-order valence-electron chi connectivity index (χ4n) is 7.88. The van der Waals surface area contributed by atoms with Crippen LogP contribution in [0.3, 0.4) is 0 Å². The minimum Gasteiger partial charge on any atom is -0.466 e. The van der Waals surface area contributed by atoms with E-state index in [1.807, 2.05) is 0 Å². The van der Waals surface area contributed by atoms with Crippen molar-refractivity contribution < 1.29 is 29.0 Å². The van der Waals surface area contributed by atoms with E-state index in [4.69, 9.17) is 9.47 Å². The Labute approximate surface area is 365 Å². The smallest absolute Gasteiger partial charge is 0.314 e. The van der Waals surface area contributed by atoms with Gasteiger partial charge in [0.2, 0.25) is 0 Å². The number of carbonyl (C=O) groups is 3. The molecule has 0 aliphatic rings. The summed E-state index contributed by atoms with van der Waals surface area (Å²) >= 11 is 0. The first kappa shape index (κ1) is 57.1. The normalized spacial score (nSPS) is 12.0. The Bertz CT molecular complexity index is 905. The topological polar surface area (TPSA) is 117 Å². The Morgan fingerprint density at radius 1 is 0.508 bits per heavy atom. The molecular weight excluding hydrogens is 739 g/mol. The van der Waals surface area contributed by atoms with Crippen LogP contribution in [0, 0.1) is 0 Å². The number of nitrogens with zero attached hydrogens (tertiary/aromatic N) is 1. The van der Waals surface area contributed by atoms with Gasteiger partial charge < -0.3 is 30.1 Å². The predicted molar refractivity (Wildman–Crippen MR) is 249 cm³/mol. The van der Waals surface area contributed by atoms with Gasteiger partial charge in [0.15, 0.2) is 0 Å². The summed E-state index contributed by atoms with van der Waals surface area (Å²) in [6, 6.07) is -0.171. The zero-order valence-electron chi connectivity index (χ0n) is 39.6. The first-order chi connectivity index (χ1) is 28.9. The number of aliphatic hydroxyl groups is 1. The molecule has 0 rings (SSSR count). The number of esters is 2. The Morgan fingerprint density at radius 3 is 1.46 bits per heavy atom. The van der Waals surface area contributed by atoms with Crippen molar-refractivity contribution in [3.8, 4) is 0 Å². The van der Waals surface area contributed by atoms with Gasteiger partial charge in [-0.15, -0.1) is 0 Å². The zero-order valence-corrected chi connectivity index (χ0v) is 39.6. The van der Waals surface area contributed by atoms with Crippen molar-refractivity contribution in [2.75, 3.05) is 39.8 Å². The highest BCUT2D eigenvalue weighted by atomic mass is 16.5. The summed E-state index contributed by atoms with van der Waals surface area (Å²) in [6.07, 6.45) is 39.7. The zero-order chi connectivity index (χ0) is 43.3. The number of aliphatic hydroxyl groups excluding tert-OH is 1. The summed E-state index contributed by atoms with van der Waals surface area (Å²) in [4.78, 5) is 38.9.